The largest absolute Gasteiger partial charge is 0.353 e. The van der Waals surface area contributed by atoms with Crippen LogP contribution in [0.25, 0.3) is 0 Å². The van der Waals surface area contributed by atoms with Crippen LogP contribution in [0.2, 0.25) is 0 Å². The molecule has 1 N–H and O–H groups in total. The van der Waals surface area contributed by atoms with Crippen LogP contribution in [-0.2, 0) is 4.79 Å². The topological polar surface area (TPSA) is 61.4 Å². The number of hydrogen-bond acceptors (Lipinski definition) is 5. The molecule has 6 nitrogen and oxygen atoms in total. The fourth-order valence-electron chi connectivity index (χ4n) is 2.92. The van der Waals surface area contributed by atoms with Crippen molar-refractivity contribution < 1.29 is 4.79 Å². The predicted molar refractivity (Wildman–Crippen MR) is 100 cm³/mol. The SMILES string of the molecule is CC(=O)N1CCN(c2ccnc(Nc3ccc(C(C)C)cc3)n2)CC1. The van der Waals surface area contributed by atoms with Crippen molar-refractivity contribution in [2.45, 2.75) is 26.7 Å². The van der Waals surface area contributed by atoms with Gasteiger partial charge in [0.2, 0.25) is 11.9 Å². The molecule has 0 spiro atoms. The Morgan fingerprint density at radius 3 is 2.36 bits per heavy atom. The monoisotopic (exact) mass is 339 g/mol. The number of anilines is 3. The van der Waals surface area contributed by atoms with Crippen LogP contribution in [0, 0.1) is 0 Å². The summed E-state index contributed by atoms with van der Waals surface area (Å²) in [6.45, 7) is 9.03. The van der Waals surface area contributed by atoms with Gasteiger partial charge in [-0.05, 0) is 29.7 Å². The zero-order valence-electron chi connectivity index (χ0n) is 15.1. The molecule has 0 atom stereocenters. The third-order valence-corrected chi connectivity index (χ3v) is 4.52. The molecule has 1 aromatic heterocycles. The molecular weight excluding hydrogens is 314 g/mol. The van der Waals surface area contributed by atoms with Crippen molar-refractivity contribution >= 4 is 23.4 Å². The fourth-order valence-corrected chi connectivity index (χ4v) is 2.92. The van der Waals surface area contributed by atoms with Gasteiger partial charge in [0.05, 0.1) is 0 Å². The summed E-state index contributed by atoms with van der Waals surface area (Å²) in [5.74, 6) is 2.13. The highest BCUT2D eigenvalue weighted by Crippen LogP contribution is 2.20. The van der Waals surface area contributed by atoms with Gasteiger partial charge < -0.3 is 15.1 Å². The lowest BCUT2D eigenvalue weighted by Gasteiger charge is -2.34. The lowest BCUT2D eigenvalue weighted by atomic mass is 10.0. The van der Waals surface area contributed by atoms with Crippen molar-refractivity contribution in [3.63, 3.8) is 0 Å². The Morgan fingerprint density at radius 2 is 1.76 bits per heavy atom. The summed E-state index contributed by atoms with van der Waals surface area (Å²) >= 11 is 0. The lowest BCUT2D eigenvalue weighted by molar-refractivity contribution is -0.129. The fraction of sp³-hybridized carbons (Fsp3) is 0.421. The van der Waals surface area contributed by atoms with Gasteiger partial charge >= 0.3 is 0 Å². The first-order valence-electron chi connectivity index (χ1n) is 8.73. The Hall–Kier alpha value is -2.63. The number of amides is 1. The Balaban J connectivity index is 1.66. The number of benzene rings is 1. The maximum atomic E-state index is 11.4. The summed E-state index contributed by atoms with van der Waals surface area (Å²) in [7, 11) is 0. The predicted octanol–water partition coefficient (Wildman–Crippen LogP) is 3.01. The van der Waals surface area contributed by atoms with Gasteiger partial charge in [-0.25, -0.2) is 4.98 Å². The number of piperazine rings is 1. The lowest BCUT2D eigenvalue weighted by Crippen LogP contribution is -2.48. The summed E-state index contributed by atoms with van der Waals surface area (Å²) in [6, 6.07) is 10.3. The maximum Gasteiger partial charge on any atom is 0.229 e. The van der Waals surface area contributed by atoms with E-state index in [1.165, 1.54) is 5.56 Å². The van der Waals surface area contributed by atoms with E-state index in [2.05, 4.69) is 58.3 Å². The van der Waals surface area contributed by atoms with E-state index in [1.54, 1.807) is 13.1 Å². The first kappa shape index (κ1) is 17.2. The Labute approximate surface area is 148 Å². The second kappa shape index (κ2) is 7.51. The van der Waals surface area contributed by atoms with Crippen molar-refractivity contribution in [3.8, 4) is 0 Å². The smallest absolute Gasteiger partial charge is 0.229 e. The van der Waals surface area contributed by atoms with Crippen LogP contribution < -0.4 is 10.2 Å². The molecule has 1 saturated heterocycles. The van der Waals surface area contributed by atoms with E-state index in [9.17, 15) is 4.79 Å². The van der Waals surface area contributed by atoms with Gasteiger partial charge in [-0.2, -0.15) is 4.98 Å². The van der Waals surface area contributed by atoms with Gasteiger partial charge in [0, 0.05) is 45.0 Å². The first-order chi connectivity index (χ1) is 12.0. The number of hydrogen-bond donors (Lipinski definition) is 1. The van der Waals surface area contributed by atoms with Crippen LogP contribution in [0.4, 0.5) is 17.5 Å². The molecule has 1 amide bonds. The number of aromatic nitrogens is 2. The van der Waals surface area contributed by atoms with Crippen molar-refractivity contribution in [2.75, 3.05) is 36.4 Å². The van der Waals surface area contributed by atoms with Gasteiger partial charge in [-0.1, -0.05) is 26.0 Å². The van der Waals surface area contributed by atoms with E-state index < -0.39 is 0 Å². The molecule has 2 aromatic rings. The zero-order valence-corrected chi connectivity index (χ0v) is 15.1. The molecule has 0 bridgehead atoms. The standard InChI is InChI=1S/C19H25N5O/c1-14(2)16-4-6-17(7-5-16)21-19-20-9-8-18(22-19)24-12-10-23(11-13-24)15(3)25/h4-9,14H,10-13H2,1-3H3,(H,20,21,22). The molecule has 0 radical (unpaired) electrons. The number of carbonyl (C=O) groups excluding carboxylic acids is 1. The van der Waals surface area contributed by atoms with Crippen molar-refractivity contribution in [3.05, 3.63) is 42.1 Å². The summed E-state index contributed by atoms with van der Waals surface area (Å²) < 4.78 is 0. The second-order valence-electron chi connectivity index (χ2n) is 6.63. The van der Waals surface area contributed by atoms with Gasteiger partial charge in [-0.15, -0.1) is 0 Å². The van der Waals surface area contributed by atoms with E-state index in [-0.39, 0.29) is 5.91 Å². The molecule has 0 aliphatic carbocycles. The molecule has 2 heterocycles. The summed E-state index contributed by atoms with van der Waals surface area (Å²) in [4.78, 5) is 24.4. The minimum absolute atomic E-state index is 0.134. The van der Waals surface area contributed by atoms with Crippen LogP contribution >= 0.6 is 0 Å². The minimum Gasteiger partial charge on any atom is -0.353 e. The molecule has 1 aliphatic rings. The van der Waals surface area contributed by atoms with Crippen molar-refractivity contribution in [1.29, 1.82) is 0 Å². The molecule has 1 aromatic carbocycles. The normalized spacial score (nSPS) is 14.7. The van der Waals surface area contributed by atoms with Crippen LogP contribution in [-0.4, -0.2) is 47.0 Å². The quantitative estimate of drug-likeness (QED) is 0.928. The average molecular weight is 339 g/mol. The number of rotatable bonds is 4. The number of nitrogens with one attached hydrogen (secondary N) is 1. The average Bonchev–Trinajstić information content (AvgIpc) is 2.62. The highest BCUT2D eigenvalue weighted by Gasteiger charge is 2.19. The van der Waals surface area contributed by atoms with Crippen LogP contribution in [0.1, 0.15) is 32.3 Å². The third-order valence-electron chi connectivity index (χ3n) is 4.52. The van der Waals surface area contributed by atoms with Crippen molar-refractivity contribution in [2.24, 2.45) is 0 Å². The Kier molecular flexibility index (Phi) is 5.16. The van der Waals surface area contributed by atoms with Crippen LogP contribution in [0.5, 0.6) is 0 Å². The molecule has 25 heavy (non-hydrogen) atoms. The molecular formula is C19H25N5O. The van der Waals surface area contributed by atoms with Gasteiger partial charge in [0.15, 0.2) is 0 Å². The highest BCUT2D eigenvalue weighted by atomic mass is 16.2. The van der Waals surface area contributed by atoms with Gasteiger partial charge in [0.25, 0.3) is 0 Å². The second-order valence-corrected chi connectivity index (χ2v) is 6.63. The maximum absolute atomic E-state index is 11.4. The molecule has 0 saturated carbocycles. The van der Waals surface area contributed by atoms with Gasteiger partial charge in [0.1, 0.15) is 5.82 Å². The van der Waals surface area contributed by atoms with E-state index in [0.717, 1.165) is 37.7 Å². The van der Waals surface area contributed by atoms with Crippen LogP contribution in [0.15, 0.2) is 36.5 Å². The Bertz CT molecular complexity index is 721. The molecule has 1 fully saturated rings. The molecule has 3 rings (SSSR count). The number of carbonyl (C=O) groups is 1. The van der Waals surface area contributed by atoms with Crippen LogP contribution in [0.3, 0.4) is 0 Å². The van der Waals surface area contributed by atoms with Crippen molar-refractivity contribution in [1.82, 2.24) is 14.9 Å². The van der Waals surface area contributed by atoms with E-state index >= 15 is 0 Å². The molecule has 6 heteroatoms. The first-order valence-corrected chi connectivity index (χ1v) is 8.73. The van der Waals surface area contributed by atoms with E-state index in [1.807, 2.05) is 11.0 Å². The van der Waals surface area contributed by atoms with Gasteiger partial charge in [-0.3, -0.25) is 4.79 Å². The zero-order chi connectivity index (χ0) is 17.8. The Morgan fingerprint density at radius 1 is 1.08 bits per heavy atom. The van der Waals surface area contributed by atoms with E-state index in [0.29, 0.717) is 11.9 Å². The third kappa shape index (κ3) is 4.26. The molecule has 132 valence electrons. The van der Waals surface area contributed by atoms with E-state index in [4.69, 9.17) is 0 Å². The molecule has 1 aliphatic heterocycles. The number of nitrogens with zero attached hydrogens (tertiary/aromatic N) is 4. The summed E-state index contributed by atoms with van der Waals surface area (Å²) in [5.41, 5.74) is 2.28. The molecule has 0 unspecified atom stereocenters. The summed E-state index contributed by atoms with van der Waals surface area (Å²) in [6.07, 6.45) is 1.77. The highest BCUT2D eigenvalue weighted by molar-refractivity contribution is 5.73. The summed E-state index contributed by atoms with van der Waals surface area (Å²) in [5, 5.41) is 3.26. The minimum atomic E-state index is 0.134.